The molecule has 1 fully saturated rings. The van der Waals surface area contributed by atoms with Gasteiger partial charge in [0.2, 0.25) is 5.91 Å². The number of carboxylic acid groups (broad SMARTS) is 1. The summed E-state index contributed by atoms with van der Waals surface area (Å²) >= 11 is 2.82. The fraction of sp³-hybridized carbons (Fsp3) is 0.526. The third-order valence-corrected chi connectivity index (χ3v) is 6.92. The van der Waals surface area contributed by atoms with Crippen molar-refractivity contribution < 1.29 is 19.4 Å². The van der Waals surface area contributed by atoms with E-state index in [0.29, 0.717) is 10.9 Å². The van der Waals surface area contributed by atoms with Gasteiger partial charge in [-0.25, -0.2) is 9.78 Å². The summed E-state index contributed by atoms with van der Waals surface area (Å²) in [7, 11) is 0. The van der Waals surface area contributed by atoms with E-state index >= 15 is 0 Å². The molecule has 0 aliphatic heterocycles. The van der Waals surface area contributed by atoms with E-state index in [-0.39, 0.29) is 23.6 Å². The monoisotopic (exact) mass is 408 g/mol. The van der Waals surface area contributed by atoms with E-state index in [4.69, 9.17) is 9.84 Å². The zero-order valence-corrected chi connectivity index (χ0v) is 17.3. The minimum Gasteiger partial charge on any atom is -0.449 e. The van der Waals surface area contributed by atoms with Crippen molar-refractivity contribution in [2.45, 2.75) is 52.5 Å². The Labute approximate surface area is 166 Å². The van der Waals surface area contributed by atoms with E-state index in [0.717, 1.165) is 35.6 Å². The fourth-order valence-corrected chi connectivity index (χ4v) is 5.37. The van der Waals surface area contributed by atoms with Gasteiger partial charge in [0.25, 0.3) is 0 Å². The van der Waals surface area contributed by atoms with Crippen LogP contribution in [0.3, 0.4) is 0 Å². The lowest BCUT2D eigenvalue weighted by molar-refractivity contribution is -0.123. The molecule has 1 amide bonds. The van der Waals surface area contributed by atoms with Gasteiger partial charge < -0.3 is 9.84 Å². The Bertz CT molecular complexity index is 793. The van der Waals surface area contributed by atoms with Gasteiger partial charge in [-0.15, -0.1) is 22.7 Å². The number of hydrogen-bond acceptors (Lipinski definition) is 6. The molecule has 146 valence electrons. The van der Waals surface area contributed by atoms with Crippen LogP contribution in [-0.4, -0.2) is 28.2 Å². The molecule has 0 saturated heterocycles. The molecule has 0 spiro atoms. The number of thiazole rings is 1. The van der Waals surface area contributed by atoms with Crippen LogP contribution in [0.2, 0.25) is 0 Å². The molecule has 2 aromatic heterocycles. The van der Waals surface area contributed by atoms with Gasteiger partial charge in [0, 0.05) is 29.6 Å². The quantitative estimate of drug-likeness (QED) is 0.661. The van der Waals surface area contributed by atoms with Crippen LogP contribution in [0.4, 0.5) is 9.80 Å². The highest BCUT2D eigenvalue weighted by Crippen LogP contribution is 2.45. The third-order valence-electron chi connectivity index (χ3n) is 4.86. The lowest BCUT2D eigenvalue weighted by Gasteiger charge is -2.33. The number of rotatable bonds is 5. The number of carbonyl (C=O) groups is 2. The molecular weight excluding hydrogens is 384 g/mol. The minimum atomic E-state index is -1.39. The number of amides is 1. The number of carbonyl (C=O) groups excluding carboxylic acids is 1. The van der Waals surface area contributed by atoms with Crippen molar-refractivity contribution in [2.24, 2.45) is 11.8 Å². The smallest absolute Gasteiger partial charge is 0.449 e. The zero-order valence-electron chi connectivity index (χ0n) is 15.7. The van der Waals surface area contributed by atoms with Crippen molar-refractivity contribution in [3.8, 4) is 15.6 Å². The first-order chi connectivity index (χ1) is 12.9. The Hall–Kier alpha value is -1.93. The highest BCUT2D eigenvalue weighted by atomic mass is 32.1. The predicted molar refractivity (Wildman–Crippen MR) is 108 cm³/mol. The summed E-state index contributed by atoms with van der Waals surface area (Å²) in [6, 6.07) is 1.56. The first-order valence-electron chi connectivity index (χ1n) is 9.14. The summed E-state index contributed by atoms with van der Waals surface area (Å²) in [4.78, 5) is 31.3. The SMILES string of the molecule is CC(C)N(c1sc(-c2nccs2)cc1OC(=O)O)C(=O)[C@H]1CC[C@H](C)CC1. The summed E-state index contributed by atoms with van der Waals surface area (Å²) in [6.07, 6.45) is 4.17. The molecule has 6 nitrogen and oxygen atoms in total. The minimum absolute atomic E-state index is 0.0216. The Kier molecular flexibility index (Phi) is 6.16. The average molecular weight is 409 g/mol. The van der Waals surface area contributed by atoms with Crippen LogP contribution in [0.5, 0.6) is 5.75 Å². The van der Waals surface area contributed by atoms with Crippen molar-refractivity contribution in [1.29, 1.82) is 0 Å². The molecule has 0 radical (unpaired) electrons. The first kappa shape index (κ1) is 19.8. The van der Waals surface area contributed by atoms with Crippen LogP contribution in [0.15, 0.2) is 17.6 Å². The maximum absolute atomic E-state index is 13.3. The van der Waals surface area contributed by atoms with E-state index < -0.39 is 6.16 Å². The van der Waals surface area contributed by atoms with Crippen LogP contribution in [-0.2, 0) is 4.79 Å². The summed E-state index contributed by atoms with van der Waals surface area (Å²) < 4.78 is 5.02. The van der Waals surface area contributed by atoms with Crippen molar-refractivity contribution in [3.63, 3.8) is 0 Å². The largest absolute Gasteiger partial charge is 0.511 e. The Morgan fingerprint density at radius 2 is 2.00 bits per heavy atom. The van der Waals surface area contributed by atoms with E-state index in [1.807, 2.05) is 19.2 Å². The second kappa shape index (κ2) is 8.39. The van der Waals surface area contributed by atoms with E-state index in [1.165, 1.54) is 22.7 Å². The van der Waals surface area contributed by atoms with Crippen LogP contribution >= 0.6 is 22.7 Å². The number of ether oxygens (including phenoxy) is 1. The fourth-order valence-electron chi connectivity index (χ4n) is 3.44. The maximum atomic E-state index is 13.3. The van der Waals surface area contributed by atoms with Gasteiger partial charge in [0.15, 0.2) is 5.75 Å². The second-order valence-electron chi connectivity index (χ2n) is 7.24. The normalized spacial score (nSPS) is 19.9. The van der Waals surface area contributed by atoms with E-state index in [9.17, 15) is 9.59 Å². The Morgan fingerprint density at radius 3 is 2.56 bits per heavy atom. The van der Waals surface area contributed by atoms with E-state index in [2.05, 4.69) is 11.9 Å². The molecule has 8 heteroatoms. The topological polar surface area (TPSA) is 79.7 Å². The van der Waals surface area contributed by atoms with Crippen LogP contribution < -0.4 is 9.64 Å². The Balaban J connectivity index is 1.96. The molecule has 1 saturated carbocycles. The van der Waals surface area contributed by atoms with Gasteiger partial charge in [-0.2, -0.15) is 0 Å². The molecule has 2 heterocycles. The molecule has 0 atom stereocenters. The van der Waals surface area contributed by atoms with Crippen LogP contribution in [0, 0.1) is 11.8 Å². The van der Waals surface area contributed by atoms with Gasteiger partial charge in [0.1, 0.15) is 10.0 Å². The summed E-state index contributed by atoms with van der Waals surface area (Å²) in [5, 5.41) is 12.3. The van der Waals surface area contributed by atoms with Gasteiger partial charge in [0.05, 0.1) is 4.88 Å². The number of hydrogen-bond donors (Lipinski definition) is 1. The molecule has 3 rings (SSSR count). The first-order valence-corrected chi connectivity index (χ1v) is 10.8. The van der Waals surface area contributed by atoms with Gasteiger partial charge in [-0.3, -0.25) is 9.69 Å². The third kappa shape index (κ3) is 4.50. The number of thiophene rings is 1. The van der Waals surface area contributed by atoms with Gasteiger partial charge >= 0.3 is 6.16 Å². The van der Waals surface area contributed by atoms with Crippen LogP contribution in [0.25, 0.3) is 9.88 Å². The summed E-state index contributed by atoms with van der Waals surface area (Å²) in [5.41, 5.74) is 0. The molecule has 1 aliphatic carbocycles. The van der Waals surface area contributed by atoms with Crippen LogP contribution in [0.1, 0.15) is 46.5 Å². The molecule has 1 N–H and O–H groups in total. The highest BCUT2D eigenvalue weighted by molar-refractivity contribution is 7.23. The molecule has 0 unspecified atom stereocenters. The number of nitrogens with zero attached hydrogens (tertiary/aromatic N) is 2. The average Bonchev–Trinajstić information content (AvgIpc) is 3.25. The molecule has 1 aliphatic rings. The molecular formula is C19H24N2O4S2. The number of aromatic nitrogens is 1. The highest BCUT2D eigenvalue weighted by Gasteiger charge is 2.33. The zero-order chi connectivity index (χ0) is 19.6. The number of anilines is 1. The van der Waals surface area contributed by atoms with Crippen molar-refractivity contribution in [1.82, 2.24) is 4.98 Å². The van der Waals surface area contributed by atoms with E-state index in [1.54, 1.807) is 17.2 Å². The lowest BCUT2D eigenvalue weighted by Crippen LogP contribution is -2.42. The molecule has 0 bridgehead atoms. The van der Waals surface area contributed by atoms with Crippen molar-refractivity contribution >= 4 is 39.7 Å². The maximum Gasteiger partial charge on any atom is 0.511 e. The Morgan fingerprint density at radius 1 is 1.30 bits per heavy atom. The summed E-state index contributed by atoms with van der Waals surface area (Å²) in [5.74, 6) is 0.890. The predicted octanol–water partition coefficient (Wildman–Crippen LogP) is 5.50. The van der Waals surface area contributed by atoms with Gasteiger partial charge in [-0.05, 0) is 45.4 Å². The van der Waals surface area contributed by atoms with Crippen molar-refractivity contribution in [3.05, 3.63) is 17.6 Å². The van der Waals surface area contributed by atoms with Crippen molar-refractivity contribution in [2.75, 3.05) is 4.90 Å². The molecule has 0 aromatic carbocycles. The lowest BCUT2D eigenvalue weighted by atomic mass is 9.82. The molecule has 2 aromatic rings. The second-order valence-corrected chi connectivity index (χ2v) is 9.17. The van der Waals surface area contributed by atoms with Gasteiger partial charge in [-0.1, -0.05) is 6.92 Å². The molecule has 27 heavy (non-hydrogen) atoms. The summed E-state index contributed by atoms with van der Waals surface area (Å²) in [6.45, 7) is 6.10. The standard InChI is InChI=1S/C19H24N2O4S2/c1-11(2)21(17(22)13-6-4-12(3)5-7-13)18-14(25-19(23)24)10-15(27-18)16-20-8-9-26-16/h8-13H,4-7H2,1-3H3,(H,23,24)/t12-,13-.